The Balaban J connectivity index is 2.95. The number of hydrogen-bond acceptors (Lipinski definition) is 1. The molecular weight excluding hydrogens is 365 g/mol. The first-order valence-corrected chi connectivity index (χ1v) is 16.5. The van der Waals surface area contributed by atoms with E-state index in [0.717, 1.165) is 0 Å². The summed E-state index contributed by atoms with van der Waals surface area (Å²) in [6, 6.07) is 9.02. The predicted octanol–water partition coefficient (Wildman–Crippen LogP) is 3.35. The van der Waals surface area contributed by atoms with E-state index in [1.807, 2.05) is 0 Å². The molecule has 0 amide bonds. The van der Waals surface area contributed by atoms with Crippen molar-refractivity contribution in [2.24, 2.45) is 16.5 Å². The Morgan fingerprint density at radius 1 is 1.10 bits per heavy atom. The van der Waals surface area contributed by atoms with Gasteiger partial charge in [-0.25, -0.2) is 0 Å². The number of unbranched alkanes of at least 4 members (excludes halogenated alkanes) is 2. The fourth-order valence-electron chi connectivity index (χ4n) is 2.78. The Bertz CT molecular complexity index is 445. The number of nitrogens with zero attached hydrogens (tertiary/aromatic N) is 1. The van der Waals surface area contributed by atoms with Gasteiger partial charge in [-0.05, 0) is 0 Å². The van der Waals surface area contributed by atoms with Crippen molar-refractivity contribution in [2.45, 2.75) is 59.9 Å². The van der Waals surface area contributed by atoms with Gasteiger partial charge >= 0.3 is 134 Å². The zero-order valence-corrected chi connectivity index (χ0v) is 16.7. The first-order chi connectivity index (χ1) is 10.0. The molecule has 118 valence electrons. The quantitative estimate of drug-likeness (QED) is 0.382. The third-order valence-electron chi connectivity index (χ3n) is 4.23. The fraction of sp³-hybridized carbons (Fsp3) is 0.588. The molecule has 3 nitrogen and oxygen atoms in total. The van der Waals surface area contributed by atoms with Gasteiger partial charge < -0.3 is 0 Å². The molecule has 0 saturated heterocycles. The van der Waals surface area contributed by atoms with Gasteiger partial charge in [0.15, 0.2) is 0 Å². The van der Waals surface area contributed by atoms with E-state index < -0.39 is 18.4 Å². The number of guanidine groups is 1. The molecule has 0 radical (unpaired) electrons. The van der Waals surface area contributed by atoms with Gasteiger partial charge in [-0.15, -0.1) is 0 Å². The minimum absolute atomic E-state index is 0.170. The van der Waals surface area contributed by atoms with Crippen molar-refractivity contribution in [1.82, 2.24) is 0 Å². The monoisotopic (exact) mass is 397 g/mol. The van der Waals surface area contributed by atoms with Gasteiger partial charge in [0.25, 0.3) is 0 Å². The molecule has 0 heterocycles. The Morgan fingerprint density at radius 3 is 2.24 bits per heavy atom. The van der Waals surface area contributed by atoms with Crippen molar-refractivity contribution in [3.8, 4) is 0 Å². The second-order valence-electron chi connectivity index (χ2n) is 6.21. The van der Waals surface area contributed by atoms with Crippen molar-refractivity contribution >= 4 is 27.9 Å². The Hall–Kier alpha value is -0.711. The van der Waals surface area contributed by atoms with Crippen LogP contribution in [0.15, 0.2) is 29.3 Å². The summed E-state index contributed by atoms with van der Waals surface area (Å²) in [5.41, 5.74) is 12.1. The molecular formula is C17H31N3Sn. The zero-order valence-electron chi connectivity index (χ0n) is 13.9. The van der Waals surface area contributed by atoms with Gasteiger partial charge in [-0.1, -0.05) is 0 Å². The van der Waals surface area contributed by atoms with Crippen LogP contribution >= 0.6 is 0 Å². The third-order valence-corrected chi connectivity index (χ3v) is 17.4. The maximum absolute atomic E-state index is 5.44. The van der Waals surface area contributed by atoms with E-state index in [1.165, 1.54) is 40.1 Å². The summed E-state index contributed by atoms with van der Waals surface area (Å²) in [6.45, 7) is 5.18. The number of hydrogen-bond donors (Lipinski definition) is 2. The molecule has 4 N–H and O–H groups in total. The zero-order chi connectivity index (χ0) is 15.7. The number of benzene rings is 1. The molecule has 0 saturated carbocycles. The second-order valence-corrected chi connectivity index (χ2v) is 19.6. The first-order valence-electron chi connectivity index (χ1n) is 8.16. The number of aliphatic imine (C=N–C) groups is 1. The molecule has 0 aliphatic carbocycles. The Labute approximate surface area is 134 Å². The maximum atomic E-state index is 5.44. The van der Waals surface area contributed by atoms with Gasteiger partial charge in [0.2, 0.25) is 0 Å². The van der Waals surface area contributed by atoms with E-state index in [1.54, 1.807) is 3.58 Å². The summed E-state index contributed by atoms with van der Waals surface area (Å²) in [4.78, 5) is 6.75. The second kappa shape index (κ2) is 9.34. The van der Waals surface area contributed by atoms with E-state index in [2.05, 4.69) is 48.0 Å². The molecule has 0 unspecified atom stereocenters. The van der Waals surface area contributed by atoms with E-state index >= 15 is 0 Å². The van der Waals surface area contributed by atoms with Crippen LogP contribution in [0.25, 0.3) is 0 Å². The van der Waals surface area contributed by atoms with Gasteiger partial charge in [0.05, 0.1) is 0 Å². The summed E-state index contributed by atoms with van der Waals surface area (Å²) in [7, 11) is 0. The van der Waals surface area contributed by atoms with E-state index in [4.69, 9.17) is 11.5 Å². The molecule has 1 aromatic carbocycles. The van der Waals surface area contributed by atoms with Crippen LogP contribution in [0.2, 0.25) is 13.8 Å². The van der Waals surface area contributed by atoms with Crippen molar-refractivity contribution in [2.75, 3.05) is 0 Å². The summed E-state index contributed by atoms with van der Waals surface area (Å²) < 4.78 is 4.54. The van der Waals surface area contributed by atoms with E-state index in [9.17, 15) is 0 Å². The molecule has 4 heteroatoms. The SMILES string of the molecule is CCC[CH2][Sn]([CH3])([CH2]CCC)[c]1cccc(CN=C(N)N)c1. The summed E-state index contributed by atoms with van der Waals surface area (Å²) in [5, 5.41) is 0. The molecule has 0 aliphatic rings. The van der Waals surface area contributed by atoms with Crippen LogP contribution in [0.3, 0.4) is 0 Å². The van der Waals surface area contributed by atoms with Crippen molar-refractivity contribution in [3.05, 3.63) is 29.8 Å². The summed E-state index contributed by atoms with van der Waals surface area (Å²) in [6.07, 6.45) is 5.33. The molecule has 0 bridgehead atoms. The minimum atomic E-state index is -2.20. The van der Waals surface area contributed by atoms with Crippen molar-refractivity contribution < 1.29 is 0 Å². The van der Waals surface area contributed by atoms with E-state index in [0.29, 0.717) is 6.54 Å². The number of nitrogens with two attached hydrogens (primary N) is 2. The topological polar surface area (TPSA) is 64.4 Å². The van der Waals surface area contributed by atoms with Gasteiger partial charge in [0.1, 0.15) is 0 Å². The molecule has 0 spiro atoms. The van der Waals surface area contributed by atoms with Crippen LogP contribution in [0.5, 0.6) is 0 Å². The van der Waals surface area contributed by atoms with Crippen LogP contribution in [0.4, 0.5) is 0 Å². The first kappa shape index (κ1) is 18.3. The van der Waals surface area contributed by atoms with Crippen LogP contribution in [-0.4, -0.2) is 24.3 Å². The van der Waals surface area contributed by atoms with Crippen LogP contribution in [0.1, 0.15) is 45.1 Å². The van der Waals surface area contributed by atoms with Crippen molar-refractivity contribution in [3.63, 3.8) is 0 Å². The molecule has 0 atom stereocenters. The average Bonchev–Trinajstić information content (AvgIpc) is 2.49. The Kier molecular flexibility index (Phi) is 8.15. The number of rotatable bonds is 9. The van der Waals surface area contributed by atoms with Gasteiger partial charge in [0, 0.05) is 0 Å². The molecule has 0 aromatic heterocycles. The summed E-state index contributed by atoms with van der Waals surface area (Å²) in [5.74, 6) is 0.170. The predicted molar refractivity (Wildman–Crippen MR) is 96.6 cm³/mol. The van der Waals surface area contributed by atoms with Crippen LogP contribution in [-0.2, 0) is 6.54 Å². The normalized spacial score (nSPS) is 11.4. The third kappa shape index (κ3) is 6.28. The fourth-order valence-corrected chi connectivity index (χ4v) is 14.6. The molecule has 1 aromatic rings. The molecule has 0 aliphatic heterocycles. The van der Waals surface area contributed by atoms with Gasteiger partial charge in [-0.2, -0.15) is 0 Å². The molecule has 21 heavy (non-hydrogen) atoms. The molecule has 0 fully saturated rings. The van der Waals surface area contributed by atoms with E-state index in [-0.39, 0.29) is 5.96 Å². The summed E-state index contributed by atoms with van der Waals surface area (Å²) >= 11 is -2.20. The van der Waals surface area contributed by atoms with Gasteiger partial charge in [-0.3, -0.25) is 0 Å². The van der Waals surface area contributed by atoms with Crippen LogP contribution in [0, 0.1) is 0 Å². The standard InChI is InChI=1S/C8H10N3.2C4H9.CH3.Sn/c9-8(10)11-6-7-4-2-1-3-5-7;2*1-3-4-2;;/h1-2,4-5H,6H2,(H4,9,10,11);2*1,3-4H2,2H3;1H3;. The van der Waals surface area contributed by atoms with Crippen LogP contribution < -0.4 is 15.0 Å². The average molecular weight is 396 g/mol. The van der Waals surface area contributed by atoms with Crippen molar-refractivity contribution in [1.29, 1.82) is 0 Å². The Morgan fingerprint density at radius 2 is 1.71 bits per heavy atom. The molecule has 1 rings (SSSR count).